The van der Waals surface area contributed by atoms with E-state index in [9.17, 15) is 14.7 Å². The Morgan fingerprint density at radius 2 is 2.04 bits per heavy atom. The molecule has 2 aliphatic rings. The first-order valence-electron chi connectivity index (χ1n) is 8.91. The summed E-state index contributed by atoms with van der Waals surface area (Å²) in [6.07, 6.45) is 1.72. The monoisotopic (exact) mass is 415 g/mol. The van der Waals surface area contributed by atoms with Crippen LogP contribution in [0.15, 0.2) is 12.1 Å². The summed E-state index contributed by atoms with van der Waals surface area (Å²) in [7, 11) is 0. The quantitative estimate of drug-likeness (QED) is 0.581. The smallest absolute Gasteiger partial charge is 0.337 e. The molecule has 2 saturated heterocycles. The number of benzene rings is 1. The van der Waals surface area contributed by atoms with Gasteiger partial charge in [0.1, 0.15) is 6.04 Å². The molecule has 2 fully saturated rings. The maximum Gasteiger partial charge on any atom is 0.337 e. The van der Waals surface area contributed by atoms with Gasteiger partial charge in [0, 0.05) is 26.3 Å². The number of halogens is 2. The fraction of sp³-hybridized carbons (Fsp3) is 0.529. The van der Waals surface area contributed by atoms with Gasteiger partial charge in [0.25, 0.3) is 0 Å². The first-order chi connectivity index (χ1) is 12.9. The van der Waals surface area contributed by atoms with E-state index in [4.69, 9.17) is 23.2 Å². The zero-order valence-electron chi connectivity index (χ0n) is 15.0. The molecular weight excluding hydrogens is 393 g/mol. The van der Waals surface area contributed by atoms with E-state index in [1.807, 2.05) is 6.92 Å². The average Bonchev–Trinajstić information content (AvgIpc) is 3.18. The maximum atomic E-state index is 12.7. The molecule has 0 bridgehead atoms. The number of hydrogen-bond donors (Lipinski definition) is 4. The number of carbonyl (C=O) groups is 2. The lowest BCUT2D eigenvalue weighted by atomic mass is 10.1. The number of nitrogens with zero attached hydrogens (tertiary/aromatic N) is 2. The van der Waals surface area contributed by atoms with Crippen molar-refractivity contribution < 1.29 is 14.7 Å². The number of carbonyl (C=O) groups excluding carboxylic acids is 1. The highest BCUT2D eigenvalue weighted by atomic mass is 35.5. The Labute approximate surface area is 167 Å². The summed E-state index contributed by atoms with van der Waals surface area (Å²) >= 11 is 11.9. The molecule has 148 valence electrons. The lowest BCUT2D eigenvalue weighted by Gasteiger charge is -2.43. The van der Waals surface area contributed by atoms with Crippen molar-refractivity contribution in [3.05, 3.63) is 27.7 Å². The van der Waals surface area contributed by atoms with E-state index in [1.165, 1.54) is 12.1 Å². The van der Waals surface area contributed by atoms with Gasteiger partial charge in [-0.25, -0.2) is 15.2 Å². The number of amides is 1. The van der Waals surface area contributed by atoms with Gasteiger partial charge < -0.3 is 15.7 Å². The Balaban J connectivity index is 1.70. The van der Waals surface area contributed by atoms with E-state index in [-0.39, 0.29) is 33.4 Å². The fourth-order valence-corrected chi connectivity index (χ4v) is 3.85. The van der Waals surface area contributed by atoms with Crippen molar-refractivity contribution in [1.29, 1.82) is 0 Å². The minimum Gasteiger partial charge on any atom is -0.478 e. The third-order valence-corrected chi connectivity index (χ3v) is 5.64. The normalized spacial score (nSPS) is 24.1. The first kappa shape index (κ1) is 20.3. The molecule has 4 N–H and O–H groups in total. The van der Waals surface area contributed by atoms with Crippen LogP contribution in [-0.4, -0.2) is 65.4 Å². The minimum atomic E-state index is -1.18. The highest BCUT2D eigenvalue weighted by Crippen LogP contribution is 2.30. The van der Waals surface area contributed by atoms with Gasteiger partial charge in [0.05, 0.1) is 27.5 Å². The van der Waals surface area contributed by atoms with E-state index < -0.39 is 12.0 Å². The summed E-state index contributed by atoms with van der Waals surface area (Å²) in [5, 5.41) is 17.7. The fourth-order valence-electron chi connectivity index (χ4n) is 3.52. The molecule has 1 amide bonds. The Kier molecular flexibility index (Phi) is 6.56. The molecule has 8 nitrogen and oxygen atoms in total. The van der Waals surface area contributed by atoms with Crippen molar-refractivity contribution in [1.82, 2.24) is 20.7 Å². The SMILES string of the molecule is CCN1NC(C(=O)Nc2cc(Cl)c(Cl)cc2C(=O)O)CCC1N1CCNC1. The second-order valence-corrected chi connectivity index (χ2v) is 7.42. The van der Waals surface area contributed by atoms with Gasteiger partial charge in [-0.2, -0.15) is 0 Å². The van der Waals surface area contributed by atoms with Crippen LogP contribution in [0.4, 0.5) is 5.69 Å². The van der Waals surface area contributed by atoms with Crippen LogP contribution in [0.1, 0.15) is 30.1 Å². The van der Waals surface area contributed by atoms with Crippen molar-refractivity contribution in [2.45, 2.75) is 32.0 Å². The predicted octanol–water partition coefficient (Wildman–Crippen LogP) is 1.81. The van der Waals surface area contributed by atoms with Crippen molar-refractivity contribution in [2.75, 3.05) is 31.6 Å². The van der Waals surface area contributed by atoms with Crippen molar-refractivity contribution in [2.24, 2.45) is 0 Å². The Bertz CT molecular complexity index is 727. The van der Waals surface area contributed by atoms with Crippen molar-refractivity contribution in [3.8, 4) is 0 Å². The topological polar surface area (TPSA) is 96.9 Å². The number of anilines is 1. The summed E-state index contributed by atoms with van der Waals surface area (Å²) in [5.74, 6) is -1.48. The molecule has 2 unspecified atom stereocenters. The standard InChI is InChI=1S/C17H23Cl2N5O3/c1-2-24-15(23-6-5-20-9-23)4-3-13(22-24)16(25)21-14-8-12(19)11(18)7-10(14)17(26)27/h7-8,13,15,20,22H,2-6,9H2,1H3,(H,21,25)(H,26,27). The summed E-state index contributed by atoms with van der Waals surface area (Å²) in [6, 6.07) is 2.16. The molecule has 1 aromatic carbocycles. The molecule has 2 atom stereocenters. The summed E-state index contributed by atoms with van der Waals surface area (Å²) in [4.78, 5) is 26.5. The molecule has 27 heavy (non-hydrogen) atoms. The van der Waals surface area contributed by atoms with E-state index in [1.54, 1.807) is 0 Å². The van der Waals surface area contributed by atoms with Gasteiger partial charge in [-0.1, -0.05) is 30.1 Å². The number of rotatable bonds is 5. The molecule has 3 rings (SSSR count). The Hall–Kier alpha value is -1.42. The highest BCUT2D eigenvalue weighted by molar-refractivity contribution is 6.42. The molecule has 0 aromatic heterocycles. The number of hydrogen-bond acceptors (Lipinski definition) is 6. The summed E-state index contributed by atoms with van der Waals surface area (Å²) in [5.41, 5.74) is 3.31. The average molecular weight is 416 g/mol. The molecule has 0 saturated carbocycles. The predicted molar refractivity (Wildman–Crippen MR) is 104 cm³/mol. The van der Waals surface area contributed by atoms with Gasteiger partial charge in [-0.3, -0.25) is 9.69 Å². The molecule has 0 radical (unpaired) electrons. The lowest BCUT2D eigenvalue weighted by Crippen LogP contribution is -2.62. The number of carboxylic acids is 1. The largest absolute Gasteiger partial charge is 0.478 e. The van der Waals surface area contributed by atoms with Crippen LogP contribution >= 0.6 is 23.2 Å². The van der Waals surface area contributed by atoms with Crippen LogP contribution in [0.2, 0.25) is 10.0 Å². The van der Waals surface area contributed by atoms with Gasteiger partial charge >= 0.3 is 5.97 Å². The van der Waals surface area contributed by atoms with Gasteiger partial charge in [0.15, 0.2) is 0 Å². The van der Waals surface area contributed by atoms with Crippen LogP contribution in [0.5, 0.6) is 0 Å². The van der Waals surface area contributed by atoms with Crippen LogP contribution in [0, 0.1) is 0 Å². The van der Waals surface area contributed by atoms with Crippen LogP contribution in [-0.2, 0) is 4.79 Å². The first-order valence-corrected chi connectivity index (χ1v) is 9.67. The summed E-state index contributed by atoms with van der Waals surface area (Å²) in [6.45, 7) is 5.56. The number of aromatic carboxylic acids is 1. The van der Waals surface area contributed by atoms with Gasteiger partial charge in [-0.15, -0.1) is 0 Å². The van der Waals surface area contributed by atoms with Gasteiger partial charge in [0.2, 0.25) is 5.91 Å². The van der Waals surface area contributed by atoms with Crippen LogP contribution in [0.3, 0.4) is 0 Å². The second kappa shape index (κ2) is 8.72. The zero-order valence-corrected chi connectivity index (χ0v) is 16.5. The lowest BCUT2D eigenvalue weighted by molar-refractivity contribution is -0.123. The molecule has 0 spiro atoms. The molecule has 1 aromatic rings. The second-order valence-electron chi connectivity index (χ2n) is 6.60. The van der Waals surface area contributed by atoms with Crippen LogP contribution < -0.4 is 16.1 Å². The highest BCUT2D eigenvalue weighted by Gasteiger charge is 2.35. The third kappa shape index (κ3) is 4.53. The third-order valence-electron chi connectivity index (χ3n) is 4.91. The van der Waals surface area contributed by atoms with Crippen LogP contribution in [0.25, 0.3) is 0 Å². The van der Waals surface area contributed by atoms with Gasteiger partial charge in [-0.05, 0) is 25.0 Å². The molecular formula is C17H23Cl2N5O3. The van der Waals surface area contributed by atoms with Crippen molar-refractivity contribution >= 4 is 40.8 Å². The minimum absolute atomic E-state index is 0.0954. The Morgan fingerprint density at radius 3 is 2.67 bits per heavy atom. The number of carboxylic acid groups (broad SMARTS) is 1. The molecule has 2 heterocycles. The van der Waals surface area contributed by atoms with E-state index >= 15 is 0 Å². The molecule has 10 heteroatoms. The Morgan fingerprint density at radius 1 is 1.30 bits per heavy atom. The van der Waals surface area contributed by atoms with E-state index in [0.29, 0.717) is 6.42 Å². The maximum absolute atomic E-state index is 12.7. The van der Waals surface area contributed by atoms with E-state index in [0.717, 1.165) is 32.7 Å². The number of nitrogens with one attached hydrogen (secondary N) is 3. The van der Waals surface area contributed by atoms with Crippen molar-refractivity contribution in [3.63, 3.8) is 0 Å². The molecule has 2 aliphatic heterocycles. The molecule has 0 aliphatic carbocycles. The van der Waals surface area contributed by atoms with E-state index in [2.05, 4.69) is 26.0 Å². The zero-order chi connectivity index (χ0) is 19.6. The number of hydrazine groups is 1. The summed E-state index contributed by atoms with van der Waals surface area (Å²) < 4.78 is 0.